The lowest BCUT2D eigenvalue weighted by Gasteiger charge is -2.40. The molecule has 0 saturated carbocycles. The van der Waals surface area contributed by atoms with Crippen molar-refractivity contribution in [2.24, 2.45) is 0 Å². The summed E-state index contributed by atoms with van der Waals surface area (Å²) in [6.07, 6.45) is 75.3. The number of ether oxygens (including phenoxy) is 2. The first kappa shape index (κ1) is 69.3. The van der Waals surface area contributed by atoms with Crippen molar-refractivity contribution in [3.05, 3.63) is 134 Å². The van der Waals surface area contributed by atoms with Crippen molar-refractivity contribution in [1.82, 2.24) is 5.32 Å². The zero-order valence-corrected chi connectivity index (χ0v) is 47.2. The number of carbonyl (C=O) groups is 1. The van der Waals surface area contributed by atoms with E-state index in [1.807, 2.05) is 6.08 Å². The lowest BCUT2D eigenvalue weighted by Crippen LogP contribution is -2.60. The van der Waals surface area contributed by atoms with Crippen molar-refractivity contribution in [3.63, 3.8) is 0 Å². The van der Waals surface area contributed by atoms with Crippen LogP contribution < -0.4 is 5.32 Å². The predicted molar refractivity (Wildman–Crippen MR) is 317 cm³/mol. The molecule has 6 N–H and O–H groups in total. The number of aliphatic hydroxyl groups is 5. The Morgan fingerprint density at radius 3 is 1.23 bits per heavy atom. The van der Waals surface area contributed by atoms with Crippen LogP contribution in [0.1, 0.15) is 219 Å². The molecule has 1 fully saturated rings. The Kier molecular flexibility index (Phi) is 49.7. The summed E-state index contributed by atoms with van der Waals surface area (Å²) < 4.78 is 11.2. The summed E-state index contributed by atoms with van der Waals surface area (Å²) in [5.74, 6) is -0.189. The molecule has 9 heteroatoms. The number of unbranched alkanes of at least 4 members (excludes halogenated alkanes) is 19. The zero-order valence-electron chi connectivity index (χ0n) is 47.2. The molecule has 1 rings (SSSR count). The van der Waals surface area contributed by atoms with Crippen molar-refractivity contribution < 1.29 is 39.8 Å². The monoisotopic (exact) mass is 1040 g/mol. The molecule has 1 amide bonds. The summed E-state index contributed by atoms with van der Waals surface area (Å²) in [5, 5.41) is 54.3. The standard InChI is InChI=1S/C66H109NO8/c1-3-5-7-9-11-13-15-16-17-18-19-20-21-22-23-24-25-26-27-28-29-30-31-32-33-34-35-36-37-38-39-40-41-42-43-44-46-48-50-52-54-56-62(70)67-59(58-74-66-65(73)64(72)63(71)61(57-68)75-66)60(69)55-53-51-49-47-45-14-12-10-8-6-4-2/h5,7,11,13,16-17,19-20,22-23,25-26,28-29,31-32,34-35,37-38,53,55,59-61,63-66,68-69,71-73H,3-4,6,8-10,12,14-15,18,21,24,27,30,33,36,39-52,54,56-58H2,1-2H3,(H,67,70)/b7-5-,13-11-,17-16-,20-19-,23-22-,26-25-,29-28-,32-31-,35-34-,38-37-,55-53+. The third-order valence-corrected chi connectivity index (χ3v) is 13.2. The van der Waals surface area contributed by atoms with Gasteiger partial charge in [0.1, 0.15) is 24.4 Å². The average molecular weight is 1040 g/mol. The molecule has 0 aromatic carbocycles. The molecule has 7 unspecified atom stereocenters. The van der Waals surface area contributed by atoms with E-state index >= 15 is 0 Å². The van der Waals surface area contributed by atoms with Crippen LogP contribution in [0.25, 0.3) is 0 Å². The van der Waals surface area contributed by atoms with Crippen LogP contribution in [-0.4, -0.2) is 87.5 Å². The molecule has 426 valence electrons. The Labute approximate surface area is 458 Å². The summed E-state index contributed by atoms with van der Waals surface area (Å²) in [6, 6.07) is -0.814. The van der Waals surface area contributed by atoms with Crippen LogP contribution >= 0.6 is 0 Å². The van der Waals surface area contributed by atoms with Gasteiger partial charge >= 0.3 is 0 Å². The highest BCUT2D eigenvalue weighted by molar-refractivity contribution is 5.76. The van der Waals surface area contributed by atoms with Gasteiger partial charge in [0.05, 0.1) is 25.4 Å². The summed E-state index contributed by atoms with van der Waals surface area (Å²) in [7, 11) is 0. The molecule has 0 radical (unpaired) electrons. The number of hydrogen-bond acceptors (Lipinski definition) is 8. The topological polar surface area (TPSA) is 149 Å². The molecule has 1 aliphatic rings. The largest absolute Gasteiger partial charge is 0.394 e. The second kappa shape index (κ2) is 53.7. The van der Waals surface area contributed by atoms with E-state index in [0.29, 0.717) is 6.42 Å². The average Bonchev–Trinajstić information content (AvgIpc) is 3.41. The Morgan fingerprint density at radius 1 is 0.467 bits per heavy atom. The van der Waals surface area contributed by atoms with E-state index in [1.54, 1.807) is 6.08 Å². The van der Waals surface area contributed by atoms with Gasteiger partial charge in [-0.05, 0) is 96.3 Å². The second-order valence-corrected chi connectivity index (χ2v) is 20.1. The number of allylic oxidation sites excluding steroid dienone is 21. The van der Waals surface area contributed by atoms with Crippen LogP contribution in [0.2, 0.25) is 0 Å². The van der Waals surface area contributed by atoms with Gasteiger partial charge in [-0.1, -0.05) is 250 Å². The fourth-order valence-corrected chi connectivity index (χ4v) is 8.54. The van der Waals surface area contributed by atoms with E-state index in [2.05, 4.69) is 141 Å². The first-order valence-corrected chi connectivity index (χ1v) is 29.9. The van der Waals surface area contributed by atoms with Crippen LogP contribution in [0.3, 0.4) is 0 Å². The van der Waals surface area contributed by atoms with Gasteiger partial charge in [0.25, 0.3) is 0 Å². The van der Waals surface area contributed by atoms with E-state index in [1.165, 1.54) is 83.5 Å². The Bertz CT molecular complexity index is 1640. The molecule has 9 nitrogen and oxygen atoms in total. The number of carbonyl (C=O) groups excluding carboxylic acids is 1. The molecule has 0 aromatic heterocycles. The number of rotatable bonds is 49. The molecule has 0 aromatic rings. The Hall–Kier alpha value is -3.67. The number of amides is 1. The van der Waals surface area contributed by atoms with E-state index in [9.17, 15) is 30.3 Å². The molecular weight excluding hydrogens is 935 g/mol. The van der Waals surface area contributed by atoms with E-state index in [-0.39, 0.29) is 12.5 Å². The molecule has 1 heterocycles. The molecule has 1 aliphatic heterocycles. The highest BCUT2D eigenvalue weighted by atomic mass is 16.7. The summed E-state index contributed by atoms with van der Waals surface area (Å²) >= 11 is 0. The third-order valence-electron chi connectivity index (χ3n) is 13.2. The molecular formula is C66H109NO8. The fourth-order valence-electron chi connectivity index (χ4n) is 8.54. The first-order chi connectivity index (χ1) is 36.8. The van der Waals surface area contributed by atoms with Gasteiger partial charge in [-0.25, -0.2) is 0 Å². The number of nitrogens with one attached hydrogen (secondary N) is 1. The first-order valence-electron chi connectivity index (χ1n) is 29.9. The maximum atomic E-state index is 13.0. The number of hydrogen-bond donors (Lipinski definition) is 6. The van der Waals surface area contributed by atoms with Crippen molar-refractivity contribution >= 4 is 5.91 Å². The normalized spacial score (nSPS) is 19.9. The van der Waals surface area contributed by atoms with Gasteiger partial charge in [0, 0.05) is 6.42 Å². The number of aliphatic hydroxyl groups excluding tert-OH is 5. The van der Waals surface area contributed by atoms with E-state index in [4.69, 9.17) is 9.47 Å². The molecule has 7 atom stereocenters. The lowest BCUT2D eigenvalue weighted by atomic mass is 9.99. The fraction of sp³-hybridized carbons (Fsp3) is 0.652. The van der Waals surface area contributed by atoms with E-state index < -0.39 is 49.5 Å². The SMILES string of the molecule is CC/C=C\C/C=C\C/C=C\C/C=C\C/C=C\C/C=C\C/C=C\C/C=C\C/C=C\C/C=C\CCCCCCCCCCCCC(=O)NC(COC1OC(CO)C(O)C(O)C1O)C(O)/C=C/CCCCCCCCCCC. The van der Waals surface area contributed by atoms with Gasteiger partial charge < -0.3 is 40.3 Å². The van der Waals surface area contributed by atoms with Gasteiger partial charge in [-0.15, -0.1) is 0 Å². The smallest absolute Gasteiger partial charge is 0.220 e. The minimum atomic E-state index is -1.57. The minimum absolute atomic E-state index is 0.189. The van der Waals surface area contributed by atoms with Crippen LogP contribution in [0.5, 0.6) is 0 Å². The molecule has 0 bridgehead atoms. The van der Waals surface area contributed by atoms with Gasteiger partial charge in [-0.3, -0.25) is 4.79 Å². The van der Waals surface area contributed by atoms with Crippen LogP contribution in [0, 0.1) is 0 Å². The minimum Gasteiger partial charge on any atom is -0.394 e. The highest BCUT2D eigenvalue weighted by Gasteiger charge is 2.44. The summed E-state index contributed by atoms with van der Waals surface area (Å²) in [6.45, 7) is 3.63. The van der Waals surface area contributed by atoms with Crippen LogP contribution in [0.4, 0.5) is 0 Å². The van der Waals surface area contributed by atoms with Crippen molar-refractivity contribution in [3.8, 4) is 0 Å². The predicted octanol–water partition coefficient (Wildman–Crippen LogP) is 15.3. The van der Waals surface area contributed by atoms with Gasteiger partial charge in [-0.2, -0.15) is 0 Å². The highest BCUT2D eigenvalue weighted by Crippen LogP contribution is 2.23. The second-order valence-electron chi connectivity index (χ2n) is 20.1. The zero-order chi connectivity index (χ0) is 54.3. The molecule has 75 heavy (non-hydrogen) atoms. The van der Waals surface area contributed by atoms with Crippen molar-refractivity contribution in [2.45, 2.75) is 262 Å². The van der Waals surface area contributed by atoms with Crippen LogP contribution in [0.15, 0.2) is 134 Å². The lowest BCUT2D eigenvalue weighted by molar-refractivity contribution is -0.302. The van der Waals surface area contributed by atoms with Crippen LogP contribution in [-0.2, 0) is 14.3 Å². The van der Waals surface area contributed by atoms with Gasteiger partial charge in [0.2, 0.25) is 5.91 Å². The Balaban J connectivity index is 2.12. The quantitative estimate of drug-likeness (QED) is 0.0261. The third kappa shape index (κ3) is 43.1. The molecule has 0 spiro atoms. The maximum Gasteiger partial charge on any atom is 0.220 e. The summed E-state index contributed by atoms with van der Waals surface area (Å²) in [4.78, 5) is 13.0. The Morgan fingerprint density at radius 2 is 0.827 bits per heavy atom. The van der Waals surface area contributed by atoms with E-state index in [0.717, 1.165) is 116 Å². The maximum absolute atomic E-state index is 13.0. The molecule has 0 aliphatic carbocycles. The van der Waals surface area contributed by atoms with Crippen molar-refractivity contribution in [2.75, 3.05) is 13.2 Å². The summed E-state index contributed by atoms with van der Waals surface area (Å²) in [5.41, 5.74) is 0. The van der Waals surface area contributed by atoms with Gasteiger partial charge in [0.15, 0.2) is 6.29 Å². The van der Waals surface area contributed by atoms with Crippen molar-refractivity contribution in [1.29, 1.82) is 0 Å². The molecule has 1 saturated heterocycles.